The van der Waals surface area contributed by atoms with Crippen molar-refractivity contribution in [2.45, 2.75) is 0 Å². The molecule has 0 radical (unpaired) electrons. The summed E-state index contributed by atoms with van der Waals surface area (Å²) < 4.78 is 1.53. The number of fused-ring (bicyclic) bond motifs is 1. The monoisotopic (exact) mass is 223 g/mol. The summed E-state index contributed by atoms with van der Waals surface area (Å²) in [6, 6.07) is 11.0. The van der Waals surface area contributed by atoms with Gasteiger partial charge in [-0.1, -0.05) is 12.1 Å². The van der Waals surface area contributed by atoms with Crippen molar-refractivity contribution in [3.8, 4) is 0 Å². The summed E-state index contributed by atoms with van der Waals surface area (Å²) in [5, 5.41) is 0. The zero-order valence-corrected chi connectivity index (χ0v) is 8.95. The fourth-order valence-corrected chi connectivity index (χ4v) is 1.75. The van der Waals surface area contributed by atoms with Gasteiger partial charge in [0.1, 0.15) is 6.33 Å². The molecule has 0 saturated heterocycles. The lowest BCUT2D eigenvalue weighted by molar-refractivity contribution is 0.0964. The van der Waals surface area contributed by atoms with Gasteiger partial charge < -0.3 is 0 Å². The Morgan fingerprint density at radius 2 is 2.00 bits per heavy atom. The van der Waals surface area contributed by atoms with E-state index < -0.39 is 0 Å². The van der Waals surface area contributed by atoms with E-state index in [0.29, 0.717) is 5.56 Å². The van der Waals surface area contributed by atoms with Crippen LogP contribution in [0.1, 0.15) is 10.4 Å². The first-order valence-corrected chi connectivity index (χ1v) is 5.23. The molecule has 2 aromatic heterocycles. The van der Waals surface area contributed by atoms with Crippen molar-refractivity contribution in [2.24, 2.45) is 0 Å². The molecule has 0 saturated carbocycles. The summed E-state index contributed by atoms with van der Waals surface area (Å²) in [4.78, 5) is 20.3. The Hall–Kier alpha value is -2.49. The van der Waals surface area contributed by atoms with Crippen LogP contribution in [-0.2, 0) is 0 Å². The molecule has 0 aliphatic rings. The minimum Gasteiger partial charge on any atom is -0.268 e. The van der Waals surface area contributed by atoms with Crippen LogP contribution in [0.15, 0.2) is 55.1 Å². The number of hydrogen-bond donors (Lipinski definition) is 0. The Balaban J connectivity index is 2.14. The standard InChI is InChI=1S/C13H9N3O/c17-13(10-4-3-7-14-8-10)16-9-15-11-5-1-2-6-12(11)16/h1-9H. The van der Waals surface area contributed by atoms with Crippen LogP contribution in [0.2, 0.25) is 0 Å². The molecule has 2 heterocycles. The second-order valence-electron chi connectivity index (χ2n) is 3.65. The fourth-order valence-electron chi connectivity index (χ4n) is 1.75. The van der Waals surface area contributed by atoms with Crippen LogP contribution in [0.4, 0.5) is 0 Å². The Kier molecular flexibility index (Phi) is 2.19. The Morgan fingerprint density at radius 1 is 1.12 bits per heavy atom. The SMILES string of the molecule is O=C(c1cccnc1)n1cnc2ccccc21. The maximum absolute atomic E-state index is 12.2. The van der Waals surface area contributed by atoms with E-state index in [2.05, 4.69) is 9.97 Å². The molecule has 0 unspecified atom stereocenters. The van der Waals surface area contributed by atoms with Crippen molar-refractivity contribution in [3.63, 3.8) is 0 Å². The lowest BCUT2D eigenvalue weighted by Crippen LogP contribution is -2.10. The molecule has 0 N–H and O–H groups in total. The molecule has 3 aromatic rings. The van der Waals surface area contributed by atoms with Crippen molar-refractivity contribution in [3.05, 3.63) is 60.7 Å². The largest absolute Gasteiger partial charge is 0.268 e. The third-order valence-corrected chi connectivity index (χ3v) is 2.58. The van der Waals surface area contributed by atoms with Gasteiger partial charge in [0.25, 0.3) is 5.91 Å². The molecule has 4 heteroatoms. The van der Waals surface area contributed by atoms with Gasteiger partial charge in [-0.15, -0.1) is 0 Å². The van der Waals surface area contributed by atoms with Crippen LogP contribution in [0.3, 0.4) is 0 Å². The molecule has 0 fully saturated rings. The van der Waals surface area contributed by atoms with Gasteiger partial charge in [-0.25, -0.2) is 4.98 Å². The van der Waals surface area contributed by atoms with E-state index in [1.165, 1.54) is 4.57 Å². The van der Waals surface area contributed by atoms with Gasteiger partial charge in [0.2, 0.25) is 0 Å². The third-order valence-electron chi connectivity index (χ3n) is 2.58. The average molecular weight is 223 g/mol. The predicted octanol–water partition coefficient (Wildman–Crippen LogP) is 2.12. The zero-order valence-electron chi connectivity index (χ0n) is 8.95. The Morgan fingerprint density at radius 3 is 2.82 bits per heavy atom. The number of para-hydroxylation sites is 2. The molecule has 0 amide bonds. The minimum absolute atomic E-state index is 0.119. The lowest BCUT2D eigenvalue weighted by Gasteiger charge is -2.01. The highest BCUT2D eigenvalue weighted by Gasteiger charge is 2.11. The van der Waals surface area contributed by atoms with Gasteiger partial charge in [0, 0.05) is 12.4 Å². The maximum Gasteiger partial charge on any atom is 0.265 e. The molecule has 4 nitrogen and oxygen atoms in total. The Labute approximate surface area is 97.6 Å². The number of pyridine rings is 1. The number of carbonyl (C=O) groups excluding carboxylic acids is 1. The number of rotatable bonds is 1. The van der Waals surface area contributed by atoms with Crippen LogP contribution in [0, 0.1) is 0 Å². The van der Waals surface area contributed by atoms with Crippen molar-refractivity contribution in [1.29, 1.82) is 0 Å². The third kappa shape index (κ3) is 1.59. The van der Waals surface area contributed by atoms with Gasteiger partial charge in [0.05, 0.1) is 16.6 Å². The van der Waals surface area contributed by atoms with Crippen LogP contribution >= 0.6 is 0 Å². The molecule has 17 heavy (non-hydrogen) atoms. The number of carbonyl (C=O) groups is 1. The number of imidazole rings is 1. The number of aromatic nitrogens is 3. The molecule has 0 bridgehead atoms. The van der Waals surface area contributed by atoms with Gasteiger partial charge in [0.15, 0.2) is 0 Å². The number of nitrogens with zero attached hydrogens (tertiary/aromatic N) is 3. The van der Waals surface area contributed by atoms with E-state index in [1.807, 2.05) is 24.3 Å². The van der Waals surface area contributed by atoms with E-state index in [-0.39, 0.29) is 5.91 Å². The molecular weight excluding hydrogens is 214 g/mol. The molecule has 3 rings (SSSR count). The van der Waals surface area contributed by atoms with E-state index in [1.54, 1.807) is 30.9 Å². The molecule has 0 spiro atoms. The highest BCUT2D eigenvalue weighted by molar-refractivity contribution is 6.00. The minimum atomic E-state index is -0.119. The van der Waals surface area contributed by atoms with Crippen LogP contribution in [0.25, 0.3) is 11.0 Å². The quantitative estimate of drug-likeness (QED) is 0.634. The zero-order chi connectivity index (χ0) is 11.7. The number of hydrogen-bond acceptors (Lipinski definition) is 3. The summed E-state index contributed by atoms with van der Waals surface area (Å²) in [6.45, 7) is 0. The Bertz CT molecular complexity index is 673. The van der Waals surface area contributed by atoms with Crippen molar-refractivity contribution >= 4 is 16.9 Å². The van der Waals surface area contributed by atoms with E-state index in [4.69, 9.17) is 0 Å². The van der Waals surface area contributed by atoms with E-state index in [9.17, 15) is 4.79 Å². The normalized spacial score (nSPS) is 10.6. The van der Waals surface area contributed by atoms with Crippen molar-refractivity contribution < 1.29 is 4.79 Å². The highest BCUT2D eigenvalue weighted by Crippen LogP contribution is 2.13. The van der Waals surface area contributed by atoms with Gasteiger partial charge in [-0.2, -0.15) is 0 Å². The van der Waals surface area contributed by atoms with Crippen molar-refractivity contribution in [2.75, 3.05) is 0 Å². The molecule has 0 atom stereocenters. The molecule has 0 aliphatic heterocycles. The van der Waals surface area contributed by atoms with Crippen LogP contribution < -0.4 is 0 Å². The molecule has 1 aromatic carbocycles. The van der Waals surface area contributed by atoms with Crippen molar-refractivity contribution in [1.82, 2.24) is 14.5 Å². The second-order valence-corrected chi connectivity index (χ2v) is 3.65. The first kappa shape index (κ1) is 9.72. The lowest BCUT2D eigenvalue weighted by atomic mass is 10.2. The maximum atomic E-state index is 12.2. The van der Waals surface area contributed by atoms with Gasteiger partial charge in [-0.3, -0.25) is 14.3 Å². The summed E-state index contributed by atoms with van der Waals surface area (Å²) in [7, 11) is 0. The summed E-state index contributed by atoms with van der Waals surface area (Å²) in [5.74, 6) is -0.119. The number of benzene rings is 1. The molecule has 82 valence electrons. The van der Waals surface area contributed by atoms with Crippen LogP contribution in [-0.4, -0.2) is 20.4 Å². The van der Waals surface area contributed by atoms with E-state index >= 15 is 0 Å². The first-order valence-electron chi connectivity index (χ1n) is 5.23. The van der Waals surface area contributed by atoms with Gasteiger partial charge >= 0.3 is 0 Å². The summed E-state index contributed by atoms with van der Waals surface area (Å²) >= 11 is 0. The predicted molar refractivity (Wildman–Crippen MR) is 63.7 cm³/mol. The highest BCUT2D eigenvalue weighted by atomic mass is 16.2. The molecular formula is C13H9N3O. The summed E-state index contributed by atoms with van der Waals surface area (Å²) in [6.07, 6.45) is 4.74. The first-order chi connectivity index (χ1) is 8.36. The van der Waals surface area contributed by atoms with Gasteiger partial charge in [-0.05, 0) is 24.3 Å². The van der Waals surface area contributed by atoms with Crippen LogP contribution in [0.5, 0.6) is 0 Å². The second kappa shape index (κ2) is 3.83. The molecule has 0 aliphatic carbocycles. The topological polar surface area (TPSA) is 47.8 Å². The summed E-state index contributed by atoms with van der Waals surface area (Å²) in [5.41, 5.74) is 2.17. The fraction of sp³-hybridized carbons (Fsp3) is 0. The average Bonchev–Trinajstić information content (AvgIpc) is 2.83. The smallest absolute Gasteiger partial charge is 0.265 e. The van der Waals surface area contributed by atoms with E-state index in [0.717, 1.165) is 11.0 Å².